The van der Waals surface area contributed by atoms with Crippen LogP contribution in [0.15, 0.2) is 47.2 Å². The third-order valence-corrected chi connectivity index (χ3v) is 4.28. The van der Waals surface area contributed by atoms with Gasteiger partial charge in [0.1, 0.15) is 0 Å². The maximum Gasteiger partial charge on any atom is 0.0456 e. The topological polar surface area (TPSA) is 0 Å². The smallest absolute Gasteiger partial charge is 0.0456 e. The molecule has 3 aromatic rings. The summed E-state index contributed by atoms with van der Waals surface area (Å²) in [5.74, 6) is 0. The van der Waals surface area contributed by atoms with E-state index in [0.717, 1.165) is 0 Å². The summed E-state index contributed by atoms with van der Waals surface area (Å²) in [6.07, 6.45) is 0. The van der Waals surface area contributed by atoms with E-state index in [1.165, 1.54) is 20.5 Å². The minimum absolute atomic E-state index is 1.32. The van der Waals surface area contributed by atoms with E-state index < -0.39 is 0 Å². The zero-order valence-corrected chi connectivity index (χ0v) is 9.07. The summed E-state index contributed by atoms with van der Waals surface area (Å²) in [7, 11) is 0. The van der Waals surface area contributed by atoms with Crippen LogP contribution in [0.3, 0.4) is 0 Å². The van der Waals surface area contributed by atoms with Gasteiger partial charge in [0, 0.05) is 20.3 Å². The second-order valence-electron chi connectivity index (χ2n) is 3.17. The van der Waals surface area contributed by atoms with Gasteiger partial charge in [0.15, 0.2) is 0 Å². The average molecular weight is 216 g/mol. The van der Waals surface area contributed by atoms with Gasteiger partial charge < -0.3 is 0 Å². The van der Waals surface area contributed by atoms with Crippen LogP contribution >= 0.6 is 22.7 Å². The Morgan fingerprint density at radius 1 is 0.929 bits per heavy atom. The van der Waals surface area contributed by atoms with E-state index in [1.807, 2.05) is 11.3 Å². The first-order valence-electron chi connectivity index (χ1n) is 4.45. The van der Waals surface area contributed by atoms with Crippen LogP contribution in [-0.4, -0.2) is 0 Å². The summed E-state index contributed by atoms with van der Waals surface area (Å²) >= 11 is 3.64. The first kappa shape index (κ1) is 8.21. The fourth-order valence-corrected chi connectivity index (χ4v) is 3.53. The standard InChI is InChI=1S/C12H8S2/c1-2-4-9(5-3-1)11-6-10-7-13-8-12(10)14-11/h1-8H. The Kier molecular flexibility index (Phi) is 1.89. The third-order valence-electron chi connectivity index (χ3n) is 2.22. The van der Waals surface area contributed by atoms with E-state index >= 15 is 0 Å². The van der Waals surface area contributed by atoms with Gasteiger partial charge in [-0.15, -0.1) is 11.3 Å². The van der Waals surface area contributed by atoms with Crippen LogP contribution in [0.4, 0.5) is 0 Å². The minimum Gasteiger partial charge on any atom is -0.150 e. The van der Waals surface area contributed by atoms with Crippen molar-refractivity contribution in [1.82, 2.24) is 0 Å². The Morgan fingerprint density at radius 2 is 1.79 bits per heavy atom. The molecule has 0 spiro atoms. The normalized spacial score (nSPS) is 10.9. The Bertz CT molecular complexity index is 517. The molecule has 0 saturated heterocycles. The van der Waals surface area contributed by atoms with Gasteiger partial charge in [0.05, 0.1) is 0 Å². The first-order chi connectivity index (χ1) is 6.93. The lowest BCUT2D eigenvalue weighted by Crippen LogP contribution is -1.67. The number of fused-ring (bicyclic) bond motifs is 1. The number of thiophene rings is 2. The molecule has 0 atom stereocenters. The number of rotatable bonds is 1. The molecule has 0 radical (unpaired) electrons. The van der Waals surface area contributed by atoms with Crippen molar-refractivity contribution < 1.29 is 0 Å². The van der Waals surface area contributed by atoms with Crippen LogP contribution < -0.4 is 0 Å². The second-order valence-corrected chi connectivity index (χ2v) is 5.00. The van der Waals surface area contributed by atoms with E-state index in [9.17, 15) is 0 Å². The molecule has 0 unspecified atom stereocenters. The SMILES string of the molecule is c1ccc(-c2cc3cscc3s2)cc1. The van der Waals surface area contributed by atoms with Gasteiger partial charge in [-0.1, -0.05) is 30.3 Å². The molecular formula is C12H8S2. The van der Waals surface area contributed by atoms with Crippen molar-refractivity contribution in [3.05, 3.63) is 47.2 Å². The predicted octanol–water partition coefficient (Wildman–Crippen LogP) is 4.63. The Balaban J connectivity index is 2.19. The first-order valence-corrected chi connectivity index (χ1v) is 6.20. The molecule has 68 valence electrons. The number of benzene rings is 1. The van der Waals surface area contributed by atoms with Crippen LogP contribution in [0.25, 0.3) is 20.5 Å². The van der Waals surface area contributed by atoms with Gasteiger partial charge in [-0.3, -0.25) is 0 Å². The van der Waals surface area contributed by atoms with Gasteiger partial charge in [0.2, 0.25) is 0 Å². The summed E-state index contributed by atoms with van der Waals surface area (Å²) < 4.78 is 1.40. The van der Waals surface area contributed by atoms with Gasteiger partial charge in [-0.05, 0) is 17.0 Å². The molecular weight excluding hydrogens is 208 g/mol. The van der Waals surface area contributed by atoms with E-state index in [2.05, 4.69) is 47.2 Å². The molecule has 0 N–H and O–H groups in total. The molecule has 14 heavy (non-hydrogen) atoms. The fraction of sp³-hybridized carbons (Fsp3) is 0. The molecule has 0 nitrogen and oxygen atoms in total. The minimum atomic E-state index is 1.32. The van der Waals surface area contributed by atoms with Crippen LogP contribution in [0, 0.1) is 0 Å². The van der Waals surface area contributed by atoms with E-state index in [4.69, 9.17) is 0 Å². The van der Waals surface area contributed by atoms with Crippen molar-refractivity contribution >= 4 is 32.8 Å². The van der Waals surface area contributed by atoms with Crippen LogP contribution in [0.1, 0.15) is 0 Å². The van der Waals surface area contributed by atoms with Gasteiger partial charge in [-0.2, -0.15) is 11.3 Å². The fourth-order valence-electron chi connectivity index (χ4n) is 1.52. The van der Waals surface area contributed by atoms with Gasteiger partial charge in [-0.25, -0.2) is 0 Å². The summed E-state index contributed by atoms with van der Waals surface area (Å²) in [4.78, 5) is 1.36. The molecule has 0 aliphatic rings. The second kappa shape index (κ2) is 3.23. The molecule has 1 aromatic carbocycles. The summed E-state index contributed by atoms with van der Waals surface area (Å²) in [5.41, 5.74) is 1.32. The Morgan fingerprint density at radius 3 is 2.57 bits per heavy atom. The zero-order valence-electron chi connectivity index (χ0n) is 7.44. The molecule has 0 saturated carbocycles. The summed E-state index contributed by atoms with van der Waals surface area (Å²) in [5, 5.41) is 5.80. The maximum absolute atomic E-state index is 2.27. The third kappa shape index (κ3) is 1.27. The maximum atomic E-state index is 2.27. The molecule has 0 bridgehead atoms. The van der Waals surface area contributed by atoms with Crippen molar-refractivity contribution in [3.63, 3.8) is 0 Å². The van der Waals surface area contributed by atoms with Crippen molar-refractivity contribution in [3.8, 4) is 10.4 Å². The van der Waals surface area contributed by atoms with E-state index in [1.54, 1.807) is 11.3 Å². The molecule has 0 aliphatic carbocycles. The lowest BCUT2D eigenvalue weighted by atomic mass is 10.2. The van der Waals surface area contributed by atoms with Crippen molar-refractivity contribution in [2.24, 2.45) is 0 Å². The Hall–Kier alpha value is -1.12. The highest BCUT2D eigenvalue weighted by atomic mass is 32.1. The average Bonchev–Trinajstić information content (AvgIpc) is 2.78. The van der Waals surface area contributed by atoms with Gasteiger partial charge >= 0.3 is 0 Å². The molecule has 0 fully saturated rings. The largest absolute Gasteiger partial charge is 0.150 e. The monoisotopic (exact) mass is 216 g/mol. The van der Waals surface area contributed by atoms with Crippen LogP contribution in [0.5, 0.6) is 0 Å². The van der Waals surface area contributed by atoms with Crippen LogP contribution in [0.2, 0.25) is 0 Å². The van der Waals surface area contributed by atoms with Crippen LogP contribution in [-0.2, 0) is 0 Å². The molecule has 3 rings (SSSR count). The Labute approximate surface area is 90.5 Å². The highest BCUT2D eigenvalue weighted by Gasteiger charge is 2.03. The van der Waals surface area contributed by atoms with E-state index in [-0.39, 0.29) is 0 Å². The molecule has 0 amide bonds. The molecule has 2 heterocycles. The lowest BCUT2D eigenvalue weighted by molar-refractivity contribution is 1.70. The molecule has 2 heteroatoms. The predicted molar refractivity (Wildman–Crippen MR) is 65.1 cm³/mol. The van der Waals surface area contributed by atoms with E-state index in [0.29, 0.717) is 0 Å². The summed E-state index contributed by atoms with van der Waals surface area (Å²) in [6, 6.07) is 12.8. The lowest BCUT2D eigenvalue weighted by Gasteiger charge is -1.93. The highest BCUT2D eigenvalue weighted by molar-refractivity contribution is 7.25. The quantitative estimate of drug-likeness (QED) is 0.556. The van der Waals surface area contributed by atoms with Crippen molar-refractivity contribution in [2.75, 3.05) is 0 Å². The zero-order chi connectivity index (χ0) is 9.38. The molecule has 2 aromatic heterocycles. The van der Waals surface area contributed by atoms with Crippen molar-refractivity contribution in [2.45, 2.75) is 0 Å². The molecule has 0 aliphatic heterocycles. The van der Waals surface area contributed by atoms with Gasteiger partial charge in [0.25, 0.3) is 0 Å². The number of hydrogen-bond acceptors (Lipinski definition) is 2. The highest BCUT2D eigenvalue weighted by Crippen LogP contribution is 2.35. The number of hydrogen-bond donors (Lipinski definition) is 0. The van der Waals surface area contributed by atoms with Crippen molar-refractivity contribution in [1.29, 1.82) is 0 Å². The summed E-state index contributed by atoms with van der Waals surface area (Å²) in [6.45, 7) is 0.